The number of nitrogens with one attached hydrogen (secondary N) is 1. The predicted molar refractivity (Wildman–Crippen MR) is 121 cm³/mol. The molecule has 0 saturated heterocycles. The highest BCUT2D eigenvalue weighted by Gasteiger charge is 2.12. The zero-order valence-corrected chi connectivity index (χ0v) is 18.5. The summed E-state index contributed by atoms with van der Waals surface area (Å²) in [6, 6.07) is 17.4. The zero-order chi connectivity index (χ0) is 20.8. The van der Waals surface area contributed by atoms with Crippen LogP contribution in [0.5, 0.6) is 11.5 Å². The maximum atomic E-state index is 6.48. The first-order valence-electron chi connectivity index (χ1n) is 9.15. The molecule has 0 fully saturated rings. The monoisotopic (exact) mass is 449 g/mol. The number of hydrogen-bond donors (Lipinski definition) is 1. The number of hydrogen-bond acceptors (Lipinski definition) is 3. The highest BCUT2D eigenvalue weighted by molar-refractivity contribution is 6.35. The van der Waals surface area contributed by atoms with Crippen molar-refractivity contribution in [3.63, 3.8) is 0 Å². The summed E-state index contributed by atoms with van der Waals surface area (Å²) >= 11 is 18.6. The molecule has 0 aliphatic rings. The highest BCUT2D eigenvalue weighted by atomic mass is 35.5. The Bertz CT molecular complexity index is 975. The molecule has 0 spiro atoms. The van der Waals surface area contributed by atoms with Crippen LogP contribution in [0, 0.1) is 6.92 Å². The van der Waals surface area contributed by atoms with E-state index in [4.69, 9.17) is 44.3 Å². The fraction of sp³-hybridized carbons (Fsp3) is 0.217. The molecule has 3 aromatic rings. The van der Waals surface area contributed by atoms with Crippen molar-refractivity contribution in [2.45, 2.75) is 26.6 Å². The van der Waals surface area contributed by atoms with Crippen LogP contribution in [0.15, 0.2) is 54.6 Å². The van der Waals surface area contributed by atoms with Crippen molar-refractivity contribution in [1.29, 1.82) is 0 Å². The second-order valence-corrected chi connectivity index (χ2v) is 7.96. The van der Waals surface area contributed by atoms with Crippen molar-refractivity contribution < 1.29 is 9.47 Å². The van der Waals surface area contributed by atoms with Crippen molar-refractivity contribution in [3.8, 4) is 11.5 Å². The fourth-order valence-corrected chi connectivity index (χ4v) is 3.51. The van der Waals surface area contributed by atoms with E-state index in [2.05, 4.69) is 36.5 Å². The topological polar surface area (TPSA) is 30.5 Å². The summed E-state index contributed by atoms with van der Waals surface area (Å²) in [6.45, 7) is 3.74. The molecule has 29 heavy (non-hydrogen) atoms. The highest BCUT2D eigenvalue weighted by Crippen LogP contribution is 2.34. The molecule has 0 aromatic heterocycles. The van der Waals surface area contributed by atoms with Gasteiger partial charge in [0, 0.05) is 39.8 Å². The molecule has 3 aromatic carbocycles. The number of rotatable bonds is 8. The predicted octanol–water partition coefficient (Wildman–Crippen LogP) is 6.83. The second-order valence-electron chi connectivity index (χ2n) is 6.71. The maximum Gasteiger partial charge on any atom is 0.163 e. The van der Waals surface area contributed by atoms with Gasteiger partial charge in [0.15, 0.2) is 11.5 Å². The van der Waals surface area contributed by atoms with Gasteiger partial charge in [-0.1, -0.05) is 70.7 Å². The molecular weight excluding hydrogens is 429 g/mol. The third-order valence-corrected chi connectivity index (χ3v) is 5.43. The second kappa shape index (κ2) is 10.2. The van der Waals surface area contributed by atoms with E-state index in [1.165, 1.54) is 11.1 Å². The van der Waals surface area contributed by atoms with Crippen molar-refractivity contribution in [1.82, 2.24) is 5.32 Å². The van der Waals surface area contributed by atoms with E-state index >= 15 is 0 Å². The van der Waals surface area contributed by atoms with Crippen LogP contribution < -0.4 is 14.8 Å². The molecule has 3 rings (SSSR count). The number of benzene rings is 3. The van der Waals surface area contributed by atoms with Crippen LogP contribution in [0.2, 0.25) is 15.1 Å². The standard InChI is InChI=1S/C23H22Cl3NO2/c1-15-3-5-16(6-4-15)12-27-13-18-9-22(28-2)23(11-21(18)26)29-14-17-7-8-19(24)10-20(17)25/h3-11,27H,12-14H2,1-2H3. The van der Waals surface area contributed by atoms with Crippen LogP contribution in [-0.4, -0.2) is 7.11 Å². The van der Waals surface area contributed by atoms with E-state index in [-0.39, 0.29) is 6.61 Å². The molecule has 0 aliphatic heterocycles. The van der Waals surface area contributed by atoms with E-state index < -0.39 is 0 Å². The maximum absolute atomic E-state index is 6.48. The Morgan fingerprint density at radius 1 is 0.793 bits per heavy atom. The molecule has 0 amide bonds. The average Bonchev–Trinajstić information content (AvgIpc) is 2.70. The first-order valence-corrected chi connectivity index (χ1v) is 10.3. The van der Waals surface area contributed by atoms with E-state index in [0.717, 1.165) is 17.7 Å². The molecule has 0 unspecified atom stereocenters. The van der Waals surface area contributed by atoms with Crippen molar-refractivity contribution in [2.24, 2.45) is 0 Å². The lowest BCUT2D eigenvalue weighted by Gasteiger charge is -2.15. The molecule has 6 heteroatoms. The van der Waals surface area contributed by atoms with Crippen molar-refractivity contribution >= 4 is 34.8 Å². The van der Waals surface area contributed by atoms with E-state index in [1.54, 1.807) is 25.3 Å². The molecule has 0 saturated carbocycles. The van der Waals surface area contributed by atoms with Gasteiger partial charge in [-0.3, -0.25) is 0 Å². The van der Waals surface area contributed by atoms with Gasteiger partial charge in [-0.25, -0.2) is 0 Å². The molecule has 152 valence electrons. The average molecular weight is 451 g/mol. The van der Waals surface area contributed by atoms with Gasteiger partial charge < -0.3 is 14.8 Å². The summed E-state index contributed by atoms with van der Waals surface area (Å²) in [7, 11) is 1.61. The largest absolute Gasteiger partial charge is 0.493 e. The van der Waals surface area contributed by atoms with Crippen LogP contribution >= 0.6 is 34.8 Å². The lowest BCUT2D eigenvalue weighted by atomic mass is 10.1. The number of ether oxygens (including phenoxy) is 2. The minimum absolute atomic E-state index is 0.285. The summed E-state index contributed by atoms with van der Waals surface area (Å²) in [4.78, 5) is 0. The Labute approximate surface area is 186 Å². The molecule has 0 bridgehead atoms. The molecule has 0 aliphatic carbocycles. The van der Waals surface area contributed by atoms with Crippen LogP contribution in [0.25, 0.3) is 0 Å². The third-order valence-electron chi connectivity index (χ3n) is 4.50. The summed E-state index contributed by atoms with van der Waals surface area (Å²) in [5.74, 6) is 1.18. The van der Waals surface area contributed by atoms with Gasteiger partial charge in [0.2, 0.25) is 0 Å². The fourth-order valence-electron chi connectivity index (χ4n) is 2.83. The lowest BCUT2D eigenvalue weighted by Crippen LogP contribution is -2.13. The van der Waals surface area contributed by atoms with Gasteiger partial charge in [0.1, 0.15) is 6.61 Å². The SMILES string of the molecule is COc1cc(CNCc2ccc(C)cc2)c(Cl)cc1OCc1ccc(Cl)cc1Cl. The van der Waals surface area contributed by atoms with E-state index in [0.29, 0.717) is 33.1 Å². The Kier molecular flexibility index (Phi) is 7.68. The summed E-state index contributed by atoms with van der Waals surface area (Å²) < 4.78 is 11.4. The van der Waals surface area contributed by atoms with Gasteiger partial charge in [-0.05, 0) is 36.2 Å². The first-order chi connectivity index (χ1) is 14.0. The minimum atomic E-state index is 0.285. The van der Waals surface area contributed by atoms with Crippen molar-refractivity contribution in [3.05, 3.63) is 91.9 Å². The Morgan fingerprint density at radius 3 is 2.21 bits per heavy atom. The Hall–Kier alpha value is -1.91. The van der Waals surface area contributed by atoms with Crippen LogP contribution in [-0.2, 0) is 19.7 Å². The molecular formula is C23H22Cl3NO2. The number of methoxy groups -OCH3 is 1. The quantitative estimate of drug-likeness (QED) is 0.408. The Morgan fingerprint density at radius 2 is 1.52 bits per heavy atom. The van der Waals surface area contributed by atoms with Gasteiger partial charge in [-0.15, -0.1) is 0 Å². The molecule has 0 atom stereocenters. The molecule has 0 radical (unpaired) electrons. The smallest absolute Gasteiger partial charge is 0.163 e. The molecule has 3 nitrogen and oxygen atoms in total. The Balaban J connectivity index is 1.65. The first kappa shape index (κ1) is 21.8. The summed E-state index contributed by atoms with van der Waals surface area (Å²) in [6.07, 6.45) is 0. The zero-order valence-electron chi connectivity index (χ0n) is 16.3. The number of halogens is 3. The van der Waals surface area contributed by atoms with Crippen LogP contribution in [0.1, 0.15) is 22.3 Å². The molecule has 1 N–H and O–H groups in total. The normalized spacial score (nSPS) is 10.8. The number of aryl methyl sites for hydroxylation is 1. The van der Waals surface area contributed by atoms with Gasteiger partial charge in [-0.2, -0.15) is 0 Å². The van der Waals surface area contributed by atoms with Crippen LogP contribution in [0.4, 0.5) is 0 Å². The van der Waals surface area contributed by atoms with Gasteiger partial charge in [0.25, 0.3) is 0 Å². The summed E-state index contributed by atoms with van der Waals surface area (Å²) in [5, 5.41) is 5.16. The minimum Gasteiger partial charge on any atom is -0.493 e. The van der Waals surface area contributed by atoms with Gasteiger partial charge in [0.05, 0.1) is 7.11 Å². The van der Waals surface area contributed by atoms with Crippen molar-refractivity contribution in [2.75, 3.05) is 7.11 Å². The van der Waals surface area contributed by atoms with Crippen LogP contribution in [0.3, 0.4) is 0 Å². The third kappa shape index (κ3) is 6.03. The lowest BCUT2D eigenvalue weighted by molar-refractivity contribution is 0.284. The van der Waals surface area contributed by atoms with E-state index in [9.17, 15) is 0 Å². The van der Waals surface area contributed by atoms with E-state index in [1.807, 2.05) is 12.1 Å². The van der Waals surface area contributed by atoms with Gasteiger partial charge >= 0.3 is 0 Å². The molecule has 0 heterocycles. The summed E-state index contributed by atoms with van der Waals surface area (Å²) in [5.41, 5.74) is 4.24.